The van der Waals surface area contributed by atoms with E-state index in [-0.39, 0.29) is 11.5 Å². The molecule has 0 atom stereocenters. The maximum atomic E-state index is 12.2. The van der Waals surface area contributed by atoms with E-state index in [1.54, 1.807) is 0 Å². The topological polar surface area (TPSA) is 64.6 Å². The average Bonchev–Trinajstić information content (AvgIpc) is 2.47. The molecule has 1 aliphatic rings. The molecule has 0 saturated heterocycles. The lowest BCUT2D eigenvalue weighted by Crippen LogP contribution is -2.29. The molecule has 0 spiro atoms. The third-order valence-corrected chi connectivity index (χ3v) is 3.77. The largest absolute Gasteiger partial charge is 0.492 e. The number of nitrogens with one attached hydrogen (secondary N) is 1. The number of benzene rings is 1. The highest BCUT2D eigenvalue weighted by Gasteiger charge is 2.28. The number of halogens is 1. The van der Waals surface area contributed by atoms with Crippen molar-refractivity contribution in [2.45, 2.75) is 33.6 Å². The SMILES string of the molecule is COC(=O)c1cc(Cl)c(NC(=O)C(C)(C)C)c2c1OCCC2. The number of carbonyl (C=O) groups excluding carboxylic acids is 2. The maximum absolute atomic E-state index is 12.2. The number of amides is 1. The van der Waals surface area contributed by atoms with Crippen LogP contribution in [0.25, 0.3) is 0 Å². The van der Waals surface area contributed by atoms with Crippen LogP contribution in [0.5, 0.6) is 5.75 Å². The van der Waals surface area contributed by atoms with Gasteiger partial charge >= 0.3 is 5.97 Å². The van der Waals surface area contributed by atoms with Crippen LogP contribution in [0.3, 0.4) is 0 Å². The molecule has 120 valence electrons. The van der Waals surface area contributed by atoms with E-state index < -0.39 is 11.4 Å². The predicted molar refractivity (Wildman–Crippen MR) is 84.7 cm³/mol. The Morgan fingerprint density at radius 2 is 2.05 bits per heavy atom. The first kappa shape index (κ1) is 16.6. The molecule has 0 saturated carbocycles. The fourth-order valence-electron chi connectivity index (χ4n) is 2.21. The van der Waals surface area contributed by atoms with Gasteiger partial charge in [0.2, 0.25) is 5.91 Å². The van der Waals surface area contributed by atoms with Crippen LogP contribution in [-0.4, -0.2) is 25.6 Å². The zero-order valence-electron chi connectivity index (χ0n) is 13.2. The van der Waals surface area contributed by atoms with Gasteiger partial charge in [0.1, 0.15) is 11.3 Å². The molecule has 1 N–H and O–H groups in total. The minimum absolute atomic E-state index is 0.145. The lowest BCUT2D eigenvalue weighted by atomic mass is 9.94. The second kappa shape index (κ2) is 6.16. The van der Waals surface area contributed by atoms with E-state index in [0.717, 1.165) is 12.0 Å². The molecule has 1 amide bonds. The quantitative estimate of drug-likeness (QED) is 0.846. The molecule has 0 aromatic heterocycles. The normalized spacial score (nSPS) is 13.9. The molecule has 2 rings (SSSR count). The third kappa shape index (κ3) is 3.19. The predicted octanol–water partition coefficient (Wildman–Crippen LogP) is 3.44. The van der Waals surface area contributed by atoms with Gasteiger partial charge in [-0.1, -0.05) is 32.4 Å². The summed E-state index contributed by atoms with van der Waals surface area (Å²) in [7, 11) is 1.31. The molecule has 1 aliphatic heterocycles. The number of carbonyl (C=O) groups is 2. The van der Waals surface area contributed by atoms with Crippen molar-refractivity contribution in [1.29, 1.82) is 0 Å². The molecule has 6 heteroatoms. The van der Waals surface area contributed by atoms with E-state index in [0.29, 0.717) is 29.5 Å². The Morgan fingerprint density at radius 1 is 1.36 bits per heavy atom. The van der Waals surface area contributed by atoms with Crippen molar-refractivity contribution in [2.75, 3.05) is 19.0 Å². The van der Waals surface area contributed by atoms with E-state index in [4.69, 9.17) is 21.1 Å². The summed E-state index contributed by atoms with van der Waals surface area (Å²) in [4.78, 5) is 24.1. The van der Waals surface area contributed by atoms with Crippen LogP contribution in [0.1, 0.15) is 43.1 Å². The smallest absolute Gasteiger partial charge is 0.341 e. The Hall–Kier alpha value is -1.75. The first-order valence-electron chi connectivity index (χ1n) is 7.13. The fraction of sp³-hybridized carbons (Fsp3) is 0.500. The summed E-state index contributed by atoms with van der Waals surface area (Å²) >= 11 is 6.28. The Kier molecular flexibility index (Phi) is 4.66. The number of rotatable bonds is 2. The molecule has 0 bridgehead atoms. The lowest BCUT2D eigenvalue weighted by molar-refractivity contribution is -0.123. The van der Waals surface area contributed by atoms with Crippen molar-refractivity contribution < 1.29 is 19.1 Å². The molecular weight excluding hydrogens is 306 g/mol. The number of esters is 1. The second-order valence-corrected chi connectivity index (χ2v) is 6.64. The Morgan fingerprint density at radius 3 is 2.64 bits per heavy atom. The minimum Gasteiger partial charge on any atom is -0.492 e. The monoisotopic (exact) mass is 325 g/mol. The van der Waals surface area contributed by atoms with Gasteiger partial charge in [-0.25, -0.2) is 4.79 Å². The maximum Gasteiger partial charge on any atom is 0.341 e. The van der Waals surface area contributed by atoms with E-state index in [9.17, 15) is 9.59 Å². The van der Waals surface area contributed by atoms with Crippen molar-refractivity contribution in [3.05, 3.63) is 22.2 Å². The highest BCUT2D eigenvalue weighted by atomic mass is 35.5. The van der Waals surface area contributed by atoms with Gasteiger partial charge in [-0.2, -0.15) is 0 Å². The summed E-state index contributed by atoms with van der Waals surface area (Å²) in [5.74, 6) is -0.201. The second-order valence-electron chi connectivity index (χ2n) is 6.24. The van der Waals surface area contributed by atoms with Gasteiger partial charge in [0, 0.05) is 11.0 Å². The van der Waals surface area contributed by atoms with Crippen LogP contribution in [-0.2, 0) is 16.0 Å². The number of fused-ring (bicyclic) bond motifs is 1. The molecule has 1 aromatic rings. The number of ether oxygens (including phenoxy) is 2. The van der Waals surface area contributed by atoms with Crippen molar-refractivity contribution in [2.24, 2.45) is 5.41 Å². The Bertz CT molecular complexity index is 620. The van der Waals surface area contributed by atoms with Gasteiger partial charge in [0.15, 0.2) is 0 Å². The highest BCUT2D eigenvalue weighted by Crippen LogP contribution is 2.40. The van der Waals surface area contributed by atoms with Crippen LogP contribution in [0.2, 0.25) is 5.02 Å². The summed E-state index contributed by atoms with van der Waals surface area (Å²) in [6, 6.07) is 1.48. The van der Waals surface area contributed by atoms with Gasteiger partial charge in [-0.05, 0) is 18.9 Å². The van der Waals surface area contributed by atoms with E-state index in [1.807, 2.05) is 20.8 Å². The van der Waals surface area contributed by atoms with Crippen LogP contribution in [0, 0.1) is 5.41 Å². The van der Waals surface area contributed by atoms with Crippen molar-refractivity contribution >= 4 is 29.2 Å². The molecule has 0 fully saturated rings. The molecule has 0 aliphatic carbocycles. The number of methoxy groups -OCH3 is 1. The van der Waals surface area contributed by atoms with Crippen LogP contribution < -0.4 is 10.1 Å². The highest BCUT2D eigenvalue weighted by molar-refractivity contribution is 6.34. The molecule has 0 radical (unpaired) electrons. The average molecular weight is 326 g/mol. The van der Waals surface area contributed by atoms with Crippen molar-refractivity contribution in [3.63, 3.8) is 0 Å². The lowest BCUT2D eigenvalue weighted by Gasteiger charge is -2.25. The molecule has 1 aromatic carbocycles. The minimum atomic E-state index is -0.549. The first-order valence-corrected chi connectivity index (χ1v) is 7.51. The summed E-state index contributed by atoms with van der Waals surface area (Å²) in [5, 5.41) is 3.17. The van der Waals surface area contributed by atoms with Crippen molar-refractivity contribution in [3.8, 4) is 5.75 Å². The molecular formula is C16H20ClNO4. The van der Waals surface area contributed by atoms with Crippen LogP contribution in [0.4, 0.5) is 5.69 Å². The van der Waals surface area contributed by atoms with Gasteiger partial charge in [0.05, 0.1) is 24.4 Å². The van der Waals surface area contributed by atoms with Crippen LogP contribution >= 0.6 is 11.6 Å². The summed E-state index contributed by atoms with van der Waals surface area (Å²) in [6.45, 7) is 5.98. The molecule has 5 nitrogen and oxygen atoms in total. The number of hydrogen-bond donors (Lipinski definition) is 1. The fourth-order valence-corrected chi connectivity index (χ4v) is 2.48. The zero-order chi connectivity index (χ0) is 16.5. The van der Waals surface area contributed by atoms with Gasteiger partial charge < -0.3 is 14.8 Å². The van der Waals surface area contributed by atoms with Gasteiger partial charge in [0.25, 0.3) is 0 Å². The summed E-state index contributed by atoms with van der Waals surface area (Å²) < 4.78 is 10.4. The van der Waals surface area contributed by atoms with E-state index >= 15 is 0 Å². The third-order valence-electron chi connectivity index (χ3n) is 3.47. The Balaban J connectivity index is 2.52. The molecule has 1 heterocycles. The Labute approximate surface area is 134 Å². The zero-order valence-corrected chi connectivity index (χ0v) is 14.0. The number of anilines is 1. The van der Waals surface area contributed by atoms with Gasteiger partial charge in [-0.3, -0.25) is 4.79 Å². The molecule has 0 unspecified atom stereocenters. The van der Waals surface area contributed by atoms with Crippen molar-refractivity contribution in [1.82, 2.24) is 0 Å². The van der Waals surface area contributed by atoms with E-state index in [2.05, 4.69) is 5.32 Å². The first-order chi connectivity index (χ1) is 10.3. The summed E-state index contributed by atoms with van der Waals surface area (Å²) in [5.41, 5.74) is 1.00. The molecule has 22 heavy (non-hydrogen) atoms. The van der Waals surface area contributed by atoms with E-state index in [1.165, 1.54) is 13.2 Å². The van der Waals surface area contributed by atoms with Crippen LogP contribution in [0.15, 0.2) is 6.07 Å². The van der Waals surface area contributed by atoms with Gasteiger partial charge in [-0.15, -0.1) is 0 Å². The number of hydrogen-bond acceptors (Lipinski definition) is 4. The summed E-state index contributed by atoms with van der Waals surface area (Å²) in [6.07, 6.45) is 1.48. The standard InChI is InChI=1S/C16H20ClNO4/c1-16(2,3)15(20)18-12-9-6-5-7-22-13(9)10(8-11(12)17)14(19)21-4/h8H,5-7H2,1-4H3,(H,18,20).